The van der Waals surface area contributed by atoms with Gasteiger partial charge in [0.25, 0.3) is 5.91 Å². The summed E-state index contributed by atoms with van der Waals surface area (Å²) in [6.07, 6.45) is 1.56. The summed E-state index contributed by atoms with van der Waals surface area (Å²) in [5, 5.41) is 5.99. The zero-order valence-corrected chi connectivity index (χ0v) is 15.5. The highest BCUT2D eigenvalue weighted by Gasteiger charge is 2.11. The van der Waals surface area contributed by atoms with Gasteiger partial charge in [-0.2, -0.15) is 0 Å². The number of para-hydroxylation sites is 1. The van der Waals surface area contributed by atoms with Crippen molar-refractivity contribution in [2.24, 2.45) is 0 Å². The molecule has 0 unspecified atom stereocenters. The van der Waals surface area contributed by atoms with Gasteiger partial charge in [-0.3, -0.25) is 4.79 Å². The molecule has 2 N–H and O–H groups in total. The molecule has 0 radical (unpaired) electrons. The Labute approximate surface area is 154 Å². The lowest BCUT2D eigenvalue weighted by atomic mass is 10.2. The van der Waals surface area contributed by atoms with Crippen LogP contribution < -0.4 is 10.6 Å². The van der Waals surface area contributed by atoms with E-state index in [1.54, 1.807) is 12.3 Å². The fourth-order valence-electron chi connectivity index (χ4n) is 2.29. The van der Waals surface area contributed by atoms with E-state index in [1.165, 1.54) is 0 Å². The number of benzene rings is 2. The second-order valence-corrected chi connectivity index (χ2v) is 6.50. The van der Waals surface area contributed by atoms with Gasteiger partial charge in [-0.05, 0) is 65.2 Å². The molecule has 6 heteroatoms. The molecular formula is C19H17BrN4O. The van der Waals surface area contributed by atoms with E-state index in [2.05, 4.69) is 36.5 Å². The van der Waals surface area contributed by atoms with Crippen LogP contribution in [0.5, 0.6) is 0 Å². The number of nitrogens with one attached hydrogen (secondary N) is 2. The molecule has 1 heterocycles. The number of halogens is 1. The highest BCUT2D eigenvalue weighted by Crippen LogP contribution is 2.24. The maximum Gasteiger partial charge on any atom is 0.274 e. The molecule has 0 spiro atoms. The van der Waals surface area contributed by atoms with Crippen LogP contribution >= 0.6 is 15.9 Å². The maximum absolute atomic E-state index is 12.5. The number of amides is 1. The molecule has 126 valence electrons. The summed E-state index contributed by atoms with van der Waals surface area (Å²) in [5.74, 6) is 0.0877. The first kappa shape index (κ1) is 17.1. The van der Waals surface area contributed by atoms with Crippen LogP contribution in [0.1, 0.15) is 21.6 Å². The van der Waals surface area contributed by atoms with Crippen LogP contribution in [0.15, 0.2) is 59.2 Å². The van der Waals surface area contributed by atoms with E-state index in [-0.39, 0.29) is 5.91 Å². The molecule has 0 aliphatic heterocycles. The SMILES string of the molecule is Cc1ccc(NC(=O)c2ccnc(Nc3ccccc3C)n2)c(Br)c1. The van der Waals surface area contributed by atoms with Gasteiger partial charge in [0.2, 0.25) is 5.95 Å². The Hall–Kier alpha value is -2.73. The fourth-order valence-corrected chi connectivity index (χ4v) is 2.88. The second-order valence-electron chi connectivity index (χ2n) is 5.64. The quantitative estimate of drug-likeness (QED) is 0.661. The zero-order valence-electron chi connectivity index (χ0n) is 13.9. The third kappa shape index (κ3) is 4.22. The molecular weight excluding hydrogens is 380 g/mol. The van der Waals surface area contributed by atoms with E-state index >= 15 is 0 Å². The van der Waals surface area contributed by atoms with Gasteiger partial charge in [0.15, 0.2) is 0 Å². The van der Waals surface area contributed by atoms with E-state index in [4.69, 9.17) is 0 Å². The average molecular weight is 397 g/mol. The number of rotatable bonds is 4. The molecule has 0 saturated carbocycles. The van der Waals surface area contributed by atoms with Crippen LogP contribution in [0.4, 0.5) is 17.3 Å². The minimum Gasteiger partial charge on any atom is -0.324 e. The van der Waals surface area contributed by atoms with Gasteiger partial charge < -0.3 is 10.6 Å². The summed E-state index contributed by atoms with van der Waals surface area (Å²) >= 11 is 3.46. The summed E-state index contributed by atoms with van der Waals surface area (Å²) in [7, 11) is 0. The molecule has 0 bridgehead atoms. The number of nitrogens with zero attached hydrogens (tertiary/aromatic N) is 2. The molecule has 25 heavy (non-hydrogen) atoms. The minimum absolute atomic E-state index is 0.290. The monoisotopic (exact) mass is 396 g/mol. The Morgan fingerprint density at radius 3 is 2.60 bits per heavy atom. The number of anilines is 3. The zero-order chi connectivity index (χ0) is 17.8. The molecule has 1 aromatic heterocycles. The summed E-state index contributed by atoms with van der Waals surface area (Å²) in [6.45, 7) is 3.98. The summed E-state index contributed by atoms with van der Waals surface area (Å²) in [5.41, 5.74) is 4.07. The van der Waals surface area contributed by atoms with Gasteiger partial charge in [0.1, 0.15) is 5.69 Å². The topological polar surface area (TPSA) is 66.9 Å². The Bertz CT molecular complexity index is 927. The lowest BCUT2D eigenvalue weighted by Gasteiger charge is -2.10. The van der Waals surface area contributed by atoms with Gasteiger partial charge in [0.05, 0.1) is 5.69 Å². The lowest BCUT2D eigenvalue weighted by Crippen LogP contribution is -2.15. The average Bonchev–Trinajstić information content (AvgIpc) is 2.60. The third-order valence-electron chi connectivity index (χ3n) is 3.65. The van der Waals surface area contributed by atoms with Gasteiger partial charge in [-0.1, -0.05) is 24.3 Å². The first-order chi connectivity index (χ1) is 12.0. The first-order valence-corrected chi connectivity index (χ1v) is 8.55. The maximum atomic E-state index is 12.5. The van der Waals surface area contributed by atoms with Crippen molar-refractivity contribution < 1.29 is 4.79 Å². The molecule has 2 aromatic carbocycles. The largest absolute Gasteiger partial charge is 0.324 e. The number of hydrogen-bond acceptors (Lipinski definition) is 4. The highest BCUT2D eigenvalue weighted by molar-refractivity contribution is 9.10. The Kier molecular flexibility index (Phi) is 5.09. The standard InChI is InChI=1S/C19H17BrN4O/c1-12-7-8-16(14(20)11-12)22-18(25)17-9-10-21-19(24-17)23-15-6-4-3-5-13(15)2/h3-11H,1-2H3,(H,22,25)(H,21,23,24). The van der Waals surface area contributed by atoms with Gasteiger partial charge in [0, 0.05) is 16.4 Å². The summed E-state index contributed by atoms with van der Waals surface area (Å²) in [4.78, 5) is 21.0. The first-order valence-electron chi connectivity index (χ1n) is 7.76. The van der Waals surface area contributed by atoms with Crippen molar-refractivity contribution in [3.8, 4) is 0 Å². The van der Waals surface area contributed by atoms with Crippen molar-refractivity contribution in [3.05, 3.63) is 76.0 Å². The van der Waals surface area contributed by atoms with Crippen LogP contribution in [-0.2, 0) is 0 Å². The van der Waals surface area contributed by atoms with E-state index in [0.717, 1.165) is 21.3 Å². The number of carbonyl (C=O) groups excluding carboxylic acids is 1. The number of carbonyl (C=O) groups is 1. The second kappa shape index (κ2) is 7.44. The molecule has 0 fully saturated rings. The van der Waals surface area contributed by atoms with E-state index in [9.17, 15) is 4.79 Å². The van der Waals surface area contributed by atoms with Crippen LogP contribution in [0.25, 0.3) is 0 Å². The molecule has 3 aromatic rings. The number of hydrogen-bond donors (Lipinski definition) is 2. The van der Waals surface area contributed by atoms with Gasteiger partial charge in [-0.15, -0.1) is 0 Å². The van der Waals surface area contributed by atoms with Gasteiger partial charge in [-0.25, -0.2) is 9.97 Å². The molecule has 0 saturated heterocycles. The van der Waals surface area contributed by atoms with Crippen molar-refractivity contribution in [2.75, 3.05) is 10.6 Å². The predicted molar refractivity (Wildman–Crippen MR) is 103 cm³/mol. The van der Waals surface area contributed by atoms with Crippen molar-refractivity contribution >= 4 is 39.2 Å². The van der Waals surface area contributed by atoms with Crippen LogP contribution in [0.3, 0.4) is 0 Å². The fraction of sp³-hybridized carbons (Fsp3) is 0.105. The van der Waals surface area contributed by atoms with Crippen LogP contribution in [-0.4, -0.2) is 15.9 Å². The van der Waals surface area contributed by atoms with Crippen LogP contribution in [0, 0.1) is 13.8 Å². The normalized spacial score (nSPS) is 10.4. The molecule has 0 aliphatic rings. The van der Waals surface area contributed by atoms with E-state index in [1.807, 2.05) is 56.3 Å². The number of aryl methyl sites for hydroxylation is 2. The lowest BCUT2D eigenvalue weighted by molar-refractivity contribution is 0.102. The predicted octanol–water partition coefficient (Wildman–Crippen LogP) is 4.85. The highest BCUT2D eigenvalue weighted by atomic mass is 79.9. The van der Waals surface area contributed by atoms with Crippen molar-refractivity contribution in [3.63, 3.8) is 0 Å². The minimum atomic E-state index is -0.292. The Morgan fingerprint density at radius 2 is 1.84 bits per heavy atom. The molecule has 5 nitrogen and oxygen atoms in total. The van der Waals surface area contributed by atoms with Crippen molar-refractivity contribution in [2.45, 2.75) is 13.8 Å². The number of aromatic nitrogens is 2. The summed E-state index contributed by atoms with van der Waals surface area (Å²) in [6, 6.07) is 15.1. The summed E-state index contributed by atoms with van der Waals surface area (Å²) < 4.78 is 0.827. The molecule has 0 aliphatic carbocycles. The smallest absolute Gasteiger partial charge is 0.274 e. The van der Waals surface area contributed by atoms with Crippen molar-refractivity contribution in [1.29, 1.82) is 0 Å². The molecule has 3 rings (SSSR count). The Balaban J connectivity index is 1.79. The van der Waals surface area contributed by atoms with E-state index in [0.29, 0.717) is 17.3 Å². The molecule has 1 amide bonds. The third-order valence-corrected chi connectivity index (χ3v) is 4.31. The Morgan fingerprint density at radius 1 is 1.04 bits per heavy atom. The van der Waals surface area contributed by atoms with Gasteiger partial charge >= 0.3 is 0 Å². The van der Waals surface area contributed by atoms with Crippen molar-refractivity contribution in [1.82, 2.24) is 9.97 Å². The van der Waals surface area contributed by atoms with Crippen LogP contribution in [0.2, 0.25) is 0 Å². The van der Waals surface area contributed by atoms with E-state index < -0.39 is 0 Å². The molecule has 0 atom stereocenters.